The van der Waals surface area contributed by atoms with Gasteiger partial charge in [0.15, 0.2) is 0 Å². The van der Waals surface area contributed by atoms with E-state index in [1.54, 1.807) is 18.0 Å². The van der Waals surface area contributed by atoms with Crippen LogP contribution in [0, 0.1) is 17.8 Å². The molecular weight excluding hydrogens is 342 g/mol. The fraction of sp³-hybridized carbons (Fsp3) is 0.714. The van der Waals surface area contributed by atoms with Gasteiger partial charge >= 0.3 is 0 Å². The van der Waals surface area contributed by atoms with Crippen molar-refractivity contribution in [3.05, 3.63) is 24.4 Å². The smallest absolute Gasteiger partial charge is 0.233 e. The molecular formula is C21H30N3OS+. The number of pyridine rings is 1. The number of piperazine rings is 1. The highest BCUT2D eigenvalue weighted by Crippen LogP contribution is 2.54. The Hall–Kier alpha value is -1.07. The Bertz CT molecular complexity index is 621. The molecule has 1 aromatic heterocycles. The minimum absolute atomic E-state index is 0.283. The topological polar surface area (TPSA) is 37.6 Å². The van der Waals surface area contributed by atoms with Crippen LogP contribution in [0.15, 0.2) is 29.4 Å². The summed E-state index contributed by atoms with van der Waals surface area (Å²) in [6.07, 6.45) is 10.7. The summed E-state index contributed by atoms with van der Waals surface area (Å²) in [7, 11) is 0. The van der Waals surface area contributed by atoms with Gasteiger partial charge in [0.2, 0.25) is 5.91 Å². The van der Waals surface area contributed by atoms with Crippen molar-refractivity contribution in [1.82, 2.24) is 9.88 Å². The van der Waals surface area contributed by atoms with Crippen molar-refractivity contribution in [2.75, 3.05) is 31.9 Å². The first kappa shape index (κ1) is 17.1. The minimum Gasteiger partial charge on any atom is -0.331 e. The van der Waals surface area contributed by atoms with Crippen LogP contribution in [0.3, 0.4) is 0 Å². The van der Waals surface area contributed by atoms with Crippen molar-refractivity contribution in [2.45, 2.75) is 49.1 Å². The predicted octanol–water partition coefficient (Wildman–Crippen LogP) is 1.87. The standard InChI is InChI=1S/C21H29N3OS/c25-20(15-26-19-3-1-2-4-22-19)23-5-7-24(8-6-23)21-12-16-9-17(13-21)11-18(10-16)14-21/h1-4,16-18H,5-15H2/p+1. The van der Waals surface area contributed by atoms with E-state index < -0.39 is 0 Å². The van der Waals surface area contributed by atoms with Gasteiger partial charge in [0.25, 0.3) is 0 Å². The van der Waals surface area contributed by atoms with E-state index in [2.05, 4.69) is 9.88 Å². The van der Waals surface area contributed by atoms with Crippen LogP contribution in [-0.2, 0) is 4.79 Å². The zero-order valence-corrected chi connectivity index (χ0v) is 16.3. The summed E-state index contributed by atoms with van der Waals surface area (Å²) in [5, 5.41) is 0.943. The number of rotatable bonds is 4. The summed E-state index contributed by atoms with van der Waals surface area (Å²) in [5.41, 5.74) is 0.576. The van der Waals surface area contributed by atoms with Gasteiger partial charge in [-0.15, -0.1) is 0 Å². The van der Waals surface area contributed by atoms with Gasteiger partial charge in [-0.3, -0.25) is 4.79 Å². The zero-order valence-electron chi connectivity index (χ0n) is 15.5. The number of aromatic nitrogens is 1. The maximum absolute atomic E-state index is 12.6. The largest absolute Gasteiger partial charge is 0.331 e. The molecule has 5 fully saturated rings. The molecule has 0 atom stereocenters. The van der Waals surface area contributed by atoms with Gasteiger partial charge < -0.3 is 9.80 Å². The Morgan fingerprint density at radius 1 is 1.12 bits per heavy atom. The van der Waals surface area contributed by atoms with Crippen LogP contribution in [0.1, 0.15) is 38.5 Å². The molecule has 5 aliphatic rings. The highest BCUT2D eigenvalue weighted by molar-refractivity contribution is 7.99. The summed E-state index contributed by atoms with van der Waals surface area (Å²) in [5.74, 6) is 3.85. The molecule has 0 radical (unpaired) electrons. The van der Waals surface area contributed by atoms with Gasteiger partial charge in [0.05, 0.1) is 42.5 Å². The van der Waals surface area contributed by atoms with Crippen molar-refractivity contribution >= 4 is 17.7 Å². The normalized spacial score (nSPS) is 36.5. The number of thioether (sulfide) groups is 1. The molecule has 1 saturated heterocycles. The number of carbonyl (C=O) groups excluding carboxylic acids is 1. The molecule has 1 amide bonds. The van der Waals surface area contributed by atoms with E-state index in [1.165, 1.54) is 38.5 Å². The molecule has 1 aliphatic heterocycles. The second kappa shape index (κ2) is 6.83. The summed E-state index contributed by atoms with van der Waals surface area (Å²) in [6, 6.07) is 5.87. The molecule has 4 aliphatic carbocycles. The van der Waals surface area contributed by atoms with E-state index in [-0.39, 0.29) is 5.91 Å². The van der Waals surface area contributed by atoms with E-state index in [0.717, 1.165) is 49.0 Å². The number of quaternary nitrogens is 1. The molecule has 5 heteroatoms. The van der Waals surface area contributed by atoms with Crippen LogP contribution >= 0.6 is 11.8 Å². The van der Waals surface area contributed by atoms with E-state index in [4.69, 9.17) is 0 Å². The van der Waals surface area contributed by atoms with Crippen LogP contribution in [0.25, 0.3) is 0 Å². The molecule has 4 saturated carbocycles. The van der Waals surface area contributed by atoms with Crippen molar-refractivity contribution in [3.8, 4) is 0 Å². The summed E-state index contributed by atoms with van der Waals surface area (Å²) < 4.78 is 0. The molecule has 4 nitrogen and oxygen atoms in total. The Labute approximate surface area is 160 Å². The lowest BCUT2D eigenvalue weighted by molar-refractivity contribution is -0.962. The van der Waals surface area contributed by atoms with Crippen molar-refractivity contribution < 1.29 is 9.69 Å². The summed E-state index contributed by atoms with van der Waals surface area (Å²) in [4.78, 5) is 20.8. The Balaban J connectivity index is 1.16. The number of hydrogen-bond acceptors (Lipinski definition) is 3. The molecule has 6 rings (SSSR count). The first-order valence-corrected chi connectivity index (χ1v) is 11.4. The Morgan fingerprint density at radius 2 is 1.77 bits per heavy atom. The number of nitrogens with one attached hydrogen (secondary N) is 1. The quantitative estimate of drug-likeness (QED) is 0.820. The predicted molar refractivity (Wildman–Crippen MR) is 103 cm³/mol. The zero-order chi connectivity index (χ0) is 17.6. The Kier molecular flexibility index (Phi) is 4.48. The van der Waals surface area contributed by atoms with Gasteiger partial charge in [-0.25, -0.2) is 4.98 Å². The van der Waals surface area contributed by atoms with Crippen LogP contribution in [-0.4, -0.2) is 53.3 Å². The fourth-order valence-corrected chi connectivity index (χ4v) is 7.52. The lowest BCUT2D eigenvalue weighted by Crippen LogP contribution is -3.23. The first-order valence-electron chi connectivity index (χ1n) is 10.4. The maximum atomic E-state index is 12.6. The van der Waals surface area contributed by atoms with Crippen LogP contribution in [0.5, 0.6) is 0 Å². The monoisotopic (exact) mass is 372 g/mol. The van der Waals surface area contributed by atoms with Crippen molar-refractivity contribution in [1.29, 1.82) is 0 Å². The third-order valence-electron chi connectivity index (χ3n) is 7.49. The molecule has 26 heavy (non-hydrogen) atoms. The van der Waals surface area contributed by atoms with E-state index in [1.807, 2.05) is 23.1 Å². The number of carbonyl (C=O) groups is 1. The molecule has 2 heterocycles. The Morgan fingerprint density at radius 3 is 2.35 bits per heavy atom. The molecule has 0 spiro atoms. The minimum atomic E-state index is 0.283. The van der Waals surface area contributed by atoms with Crippen LogP contribution in [0.4, 0.5) is 0 Å². The van der Waals surface area contributed by atoms with Crippen molar-refractivity contribution in [2.24, 2.45) is 17.8 Å². The van der Waals surface area contributed by atoms with Gasteiger partial charge in [0.1, 0.15) is 0 Å². The molecule has 0 unspecified atom stereocenters. The lowest BCUT2D eigenvalue weighted by Gasteiger charge is -2.59. The third-order valence-corrected chi connectivity index (χ3v) is 8.42. The average Bonchev–Trinajstić information content (AvgIpc) is 2.66. The summed E-state index contributed by atoms with van der Waals surface area (Å²) in [6.45, 7) is 4.20. The van der Waals surface area contributed by atoms with Crippen LogP contribution < -0.4 is 4.90 Å². The van der Waals surface area contributed by atoms with Gasteiger partial charge in [0, 0.05) is 25.5 Å². The number of hydrogen-bond donors (Lipinski definition) is 1. The lowest BCUT2D eigenvalue weighted by atomic mass is 9.52. The second-order valence-electron chi connectivity index (χ2n) is 9.14. The molecule has 1 aromatic rings. The molecule has 140 valence electrons. The van der Waals surface area contributed by atoms with Gasteiger partial charge in [-0.1, -0.05) is 17.8 Å². The molecule has 4 bridgehead atoms. The second-order valence-corrected chi connectivity index (χ2v) is 10.1. The highest BCUT2D eigenvalue weighted by Gasteiger charge is 2.56. The SMILES string of the molecule is O=C(CSc1ccccn1)N1CC[NH+](C23CC4CC(CC(C4)C2)C3)CC1. The summed E-state index contributed by atoms with van der Waals surface area (Å²) >= 11 is 1.56. The van der Waals surface area contributed by atoms with E-state index in [0.29, 0.717) is 11.3 Å². The van der Waals surface area contributed by atoms with E-state index >= 15 is 0 Å². The number of amides is 1. The number of nitrogens with zero attached hydrogens (tertiary/aromatic N) is 2. The van der Waals surface area contributed by atoms with Gasteiger partial charge in [-0.05, 0) is 49.1 Å². The first-order chi connectivity index (χ1) is 12.7. The van der Waals surface area contributed by atoms with E-state index in [9.17, 15) is 4.79 Å². The maximum Gasteiger partial charge on any atom is 0.233 e. The highest BCUT2D eigenvalue weighted by atomic mass is 32.2. The third kappa shape index (κ3) is 3.18. The molecule has 1 N–H and O–H groups in total. The van der Waals surface area contributed by atoms with Gasteiger partial charge in [-0.2, -0.15) is 0 Å². The fourth-order valence-electron chi connectivity index (χ4n) is 6.76. The van der Waals surface area contributed by atoms with Crippen molar-refractivity contribution in [3.63, 3.8) is 0 Å². The van der Waals surface area contributed by atoms with Crippen LogP contribution in [0.2, 0.25) is 0 Å². The average molecular weight is 373 g/mol. The molecule has 0 aromatic carbocycles.